The lowest BCUT2D eigenvalue weighted by molar-refractivity contribution is 0.228. The van der Waals surface area contributed by atoms with Crippen molar-refractivity contribution in [1.29, 1.82) is 0 Å². The van der Waals surface area contributed by atoms with Crippen LogP contribution in [-0.4, -0.2) is 0 Å². The van der Waals surface area contributed by atoms with Crippen molar-refractivity contribution in [2.75, 3.05) is 0 Å². The van der Waals surface area contributed by atoms with Crippen molar-refractivity contribution >= 4 is 0 Å². The fraction of sp³-hybridized carbons (Fsp3) is 1.00. The lowest BCUT2D eigenvalue weighted by Gasteiger charge is -2.29. The molecule has 90 valence electrons. The second-order valence-electron chi connectivity index (χ2n) is 6.31. The molecule has 1 aliphatic carbocycles. The summed E-state index contributed by atoms with van der Waals surface area (Å²) >= 11 is 0. The van der Waals surface area contributed by atoms with Crippen LogP contribution in [0.15, 0.2) is 0 Å². The highest BCUT2D eigenvalue weighted by molar-refractivity contribution is 4.87. The minimum absolute atomic E-state index is 0.626. The fourth-order valence-electron chi connectivity index (χ4n) is 3.02. The van der Waals surface area contributed by atoms with Gasteiger partial charge in [0.25, 0.3) is 0 Å². The molecule has 1 aliphatic rings. The van der Waals surface area contributed by atoms with E-state index in [-0.39, 0.29) is 0 Å². The predicted molar refractivity (Wildman–Crippen MR) is 69.0 cm³/mol. The average Bonchev–Trinajstić information content (AvgIpc) is 2.93. The van der Waals surface area contributed by atoms with Gasteiger partial charge in [-0.1, -0.05) is 47.5 Å². The van der Waals surface area contributed by atoms with E-state index >= 15 is 0 Å². The molecular formula is C15H30. The van der Waals surface area contributed by atoms with Crippen molar-refractivity contribution in [2.24, 2.45) is 23.2 Å². The maximum atomic E-state index is 2.49. The molecule has 0 aliphatic heterocycles. The van der Waals surface area contributed by atoms with Gasteiger partial charge in [0.2, 0.25) is 0 Å². The fourth-order valence-corrected chi connectivity index (χ4v) is 3.02. The van der Waals surface area contributed by atoms with Crippen molar-refractivity contribution in [3.63, 3.8) is 0 Å². The summed E-state index contributed by atoms with van der Waals surface area (Å²) in [5.41, 5.74) is 0.626. The van der Waals surface area contributed by atoms with Gasteiger partial charge < -0.3 is 0 Å². The molecule has 0 saturated heterocycles. The van der Waals surface area contributed by atoms with Crippen LogP contribution in [0.25, 0.3) is 0 Å². The van der Waals surface area contributed by atoms with Crippen LogP contribution in [0, 0.1) is 23.2 Å². The van der Waals surface area contributed by atoms with Gasteiger partial charge in [-0.3, -0.25) is 0 Å². The monoisotopic (exact) mass is 210 g/mol. The Morgan fingerprint density at radius 2 is 1.87 bits per heavy atom. The molecule has 1 fully saturated rings. The summed E-state index contributed by atoms with van der Waals surface area (Å²) in [7, 11) is 0. The molecule has 0 spiro atoms. The van der Waals surface area contributed by atoms with Gasteiger partial charge >= 0.3 is 0 Å². The summed E-state index contributed by atoms with van der Waals surface area (Å²) in [5, 5.41) is 0. The van der Waals surface area contributed by atoms with Crippen LogP contribution in [-0.2, 0) is 0 Å². The molecular weight excluding hydrogens is 180 g/mol. The van der Waals surface area contributed by atoms with E-state index in [0.29, 0.717) is 5.41 Å². The quantitative estimate of drug-likeness (QED) is 0.536. The molecule has 0 bridgehead atoms. The Balaban J connectivity index is 2.27. The minimum atomic E-state index is 0.626. The summed E-state index contributed by atoms with van der Waals surface area (Å²) < 4.78 is 0. The van der Waals surface area contributed by atoms with Crippen LogP contribution in [0.4, 0.5) is 0 Å². The highest BCUT2D eigenvalue weighted by Gasteiger charge is 2.37. The third-order valence-electron chi connectivity index (χ3n) is 4.81. The molecule has 4 atom stereocenters. The van der Waals surface area contributed by atoms with E-state index in [0.717, 1.165) is 17.8 Å². The first kappa shape index (κ1) is 13.1. The topological polar surface area (TPSA) is 0 Å². The van der Waals surface area contributed by atoms with Gasteiger partial charge in [0.15, 0.2) is 0 Å². The molecule has 0 heteroatoms. The van der Waals surface area contributed by atoms with Crippen LogP contribution in [0.3, 0.4) is 0 Å². The summed E-state index contributed by atoms with van der Waals surface area (Å²) in [4.78, 5) is 0. The van der Waals surface area contributed by atoms with E-state index in [1.54, 1.807) is 0 Å². The molecule has 0 aromatic rings. The van der Waals surface area contributed by atoms with Crippen LogP contribution in [0.2, 0.25) is 0 Å². The normalized spacial score (nSPS) is 31.0. The molecule has 0 N–H and O–H groups in total. The average molecular weight is 210 g/mol. The van der Waals surface area contributed by atoms with Crippen molar-refractivity contribution in [2.45, 2.75) is 73.1 Å². The highest BCUT2D eigenvalue weighted by Crippen LogP contribution is 2.46. The number of rotatable bonds is 7. The van der Waals surface area contributed by atoms with E-state index < -0.39 is 0 Å². The zero-order valence-corrected chi connectivity index (χ0v) is 11.5. The molecule has 4 unspecified atom stereocenters. The van der Waals surface area contributed by atoms with Gasteiger partial charge in [-0.15, -0.1) is 0 Å². The van der Waals surface area contributed by atoms with E-state index in [1.165, 1.54) is 38.5 Å². The molecule has 1 rings (SSSR count). The Labute approximate surface area is 96.8 Å². The third-order valence-corrected chi connectivity index (χ3v) is 4.81. The Hall–Kier alpha value is 0. The van der Waals surface area contributed by atoms with Crippen LogP contribution < -0.4 is 0 Å². The van der Waals surface area contributed by atoms with Gasteiger partial charge in [-0.2, -0.15) is 0 Å². The molecule has 0 heterocycles. The van der Waals surface area contributed by atoms with Gasteiger partial charge in [0, 0.05) is 0 Å². The third kappa shape index (κ3) is 3.81. The molecule has 0 aromatic heterocycles. The maximum Gasteiger partial charge on any atom is -0.0328 e. The summed E-state index contributed by atoms with van der Waals surface area (Å²) in [6, 6.07) is 0. The largest absolute Gasteiger partial charge is 0.0654 e. The molecule has 15 heavy (non-hydrogen) atoms. The highest BCUT2D eigenvalue weighted by atomic mass is 14.4. The second kappa shape index (κ2) is 5.37. The van der Waals surface area contributed by atoms with Crippen molar-refractivity contribution < 1.29 is 0 Å². The zero-order valence-electron chi connectivity index (χ0n) is 11.5. The summed E-state index contributed by atoms with van der Waals surface area (Å²) in [6.45, 7) is 12.0. The summed E-state index contributed by atoms with van der Waals surface area (Å²) in [6.07, 6.45) is 8.52. The van der Waals surface area contributed by atoms with E-state index in [9.17, 15) is 0 Å². The van der Waals surface area contributed by atoms with Crippen LogP contribution in [0.1, 0.15) is 73.1 Å². The standard InChI is InChI=1S/C15H30/c1-6-9-15(5,7-2)10-8-12(3)14-11-13(14)4/h12-14H,6-11H2,1-5H3. The predicted octanol–water partition coefficient (Wildman–Crippen LogP) is 5.28. The Kier molecular flexibility index (Phi) is 4.67. The van der Waals surface area contributed by atoms with Crippen molar-refractivity contribution in [3.05, 3.63) is 0 Å². The van der Waals surface area contributed by atoms with Crippen LogP contribution in [0.5, 0.6) is 0 Å². The van der Waals surface area contributed by atoms with Gasteiger partial charge in [-0.25, -0.2) is 0 Å². The molecule has 1 saturated carbocycles. The van der Waals surface area contributed by atoms with Crippen LogP contribution >= 0.6 is 0 Å². The smallest absolute Gasteiger partial charge is 0.0328 e. The van der Waals surface area contributed by atoms with E-state index in [4.69, 9.17) is 0 Å². The van der Waals surface area contributed by atoms with Gasteiger partial charge in [0.05, 0.1) is 0 Å². The van der Waals surface area contributed by atoms with Gasteiger partial charge in [-0.05, 0) is 48.9 Å². The van der Waals surface area contributed by atoms with E-state index in [1.807, 2.05) is 0 Å². The second-order valence-corrected chi connectivity index (χ2v) is 6.31. The first-order valence-corrected chi connectivity index (χ1v) is 7.02. The Morgan fingerprint density at radius 3 is 2.27 bits per heavy atom. The SMILES string of the molecule is CCCC(C)(CC)CCC(C)C1CC1C. The lowest BCUT2D eigenvalue weighted by atomic mass is 9.77. The lowest BCUT2D eigenvalue weighted by Crippen LogP contribution is -2.16. The number of hydrogen-bond acceptors (Lipinski definition) is 0. The minimum Gasteiger partial charge on any atom is -0.0654 e. The van der Waals surface area contributed by atoms with E-state index in [2.05, 4.69) is 34.6 Å². The maximum absolute atomic E-state index is 2.49. The Bertz CT molecular complexity index is 184. The number of hydrogen-bond donors (Lipinski definition) is 0. The zero-order chi connectivity index (χ0) is 11.5. The molecule has 0 aromatic carbocycles. The molecule has 0 amide bonds. The summed E-state index contributed by atoms with van der Waals surface area (Å²) in [5.74, 6) is 3.06. The van der Waals surface area contributed by atoms with Gasteiger partial charge in [0.1, 0.15) is 0 Å². The Morgan fingerprint density at radius 1 is 1.27 bits per heavy atom. The molecule has 0 nitrogen and oxygen atoms in total. The molecule has 0 radical (unpaired) electrons. The first-order valence-electron chi connectivity index (χ1n) is 7.02. The van der Waals surface area contributed by atoms with Crippen molar-refractivity contribution in [1.82, 2.24) is 0 Å². The first-order chi connectivity index (χ1) is 7.02. The van der Waals surface area contributed by atoms with Crippen molar-refractivity contribution in [3.8, 4) is 0 Å².